The van der Waals surface area contributed by atoms with Crippen LogP contribution in [0.1, 0.15) is 15.9 Å². The molecule has 0 spiro atoms. The fraction of sp³-hybridized carbons (Fsp3) is 0.0769. The van der Waals surface area contributed by atoms with Crippen molar-refractivity contribution >= 4 is 11.8 Å². The number of pyridine rings is 1. The Hall–Kier alpha value is -2.43. The first-order valence-electron chi connectivity index (χ1n) is 5.24. The van der Waals surface area contributed by atoms with Gasteiger partial charge in [-0.2, -0.15) is 0 Å². The minimum Gasteiger partial charge on any atom is -0.478 e. The van der Waals surface area contributed by atoms with Crippen LogP contribution in [0.4, 0.5) is 10.2 Å². The monoisotopic (exact) mass is 246 g/mol. The van der Waals surface area contributed by atoms with Gasteiger partial charge in [0.2, 0.25) is 0 Å². The van der Waals surface area contributed by atoms with Crippen LogP contribution < -0.4 is 5.73 Å². The normalized spacial score (nSPS) is 10.3. The summed E-state index contributed by atoms with van der Waals surface area (Å²) in [6, 6.07) is 6.03. The highest BCUT2D eigenvalue weighted by Crippen LogP contribution is 2.25. The highest BCUT2D eigenvalue weighted by Gasteiger charge is 2.13. The van der Waals surface area contributed by atoms with E-state index in [9.17, 15) is 9.18 Å². The van der Waals surface area contributed by atoms with Gasteiger partial charge in [0.05, 0.1) is 0 Å². The maximum absolute atomic E-state index is 13.8. The molecule has 4 nitrogen and oxygen atoms in total. The average molecular weight is 246 g/mol. The zero-order chi connectivity index (χ0) is 13.3. The molecular formula is C13H11FN2O2. The Bertz CT molecular complexity index is 626. The van der Waals surface area contributed by atoms with Gasteiger partial charge in [0.1, 0.15) is 17.2 Å². The molecule has 3 N–H and O–H groups in total. The Morgan fingerprint density at radius 2 is 2.11 bits per heavy atom. The smallest absolute Gasteiger partial charge is 0.339 e. The van der Waals surface area contributed by atoms with E-state index in [4.69, 9.17) is 10.8 Å². The van der Waals surface area contributed by atoms with Crippen LogP contribution in [0.2, 0.25) is 0 Å². The van der Waals surface area contributed by atoms with Crippen LogP contribution in [-0.2, 0) is 0 Å². The number of nitrogens with zero attached hydrogens (tertiary/aromatic N) is 1. The second kappa shape index (κ2) is 4.44. The molecule has 0 radical (unpaired) electrons. The van der Waals surface area contributed by atoms with E-state index in [1.54, 1.807) is 19.1 Å². The van der Waals surface area contributed by atoms with Crippen LogP contribution in [-0.4, -0.2) is 16.1 Å². The molecule has 0 saturated carbocycles. The summed E-state index contributed by atoms with van der Waals surface area (Å²) in [4.78, 5) is 14.7. The van der Waals surface area contributed by atoms with E-state index in [0.717, 1.165) is 5.56 Å². The number of hydrogen-bond donors (Lipinski definition) is 2. The summed E-state index contributed by atoms with van der Waals surface area (Å²) in [5, 5.41) is 8.94. The van der Waals surface area contributed by atoms with Crippen molar-refractivity contribution in [1.82, 2.24) is 4.98 Å². The molecule has 1 aromatic heterocycles. The van der Waals surface area contributed by atoms with Gasteiger partial charge in [0.25, 0.3) is 0 Å². The Labute approximate surface area is 103 Å². The molecule has 0 aliphatic carbocycles. The van der Waals surface area contributed by atoms with Crippen molar-refractivity contribution in [2.75, 3.05) is 5.73 Å². The summed E-state index contributed by atoms with van der Waals surface area (Å²) in [6.07, 6.45) is 1.36. The number of nitrogens with two attached hydrogens (primary N) is 1. The van der Waals surface area contributed by atoms with E-state index in [-0.39, 0.29) is 11.4 Å². The summed E-state index contributed by atoms with van der Waals surface area (Å²) < 4.78 is 13.8. The lowest BCUT2D eigenvalue weighted by molar-refractivity contribution is 0.0697. The molecule has 0 atom stereocenters. The van der Waals surface area contributed by atoms with Crippen molar-refractivity contribution in [2.45, 2.75) is 6.92 Å². The molecule has 1 aromatic carbocycles. The summed E-state index contributed by atoms with van der Waals surface area (Å²) in [6.45, 7) is 1.77. The van der Waals surface area contributed by atoms with Crippen molar-refractivity contribution < 1.29 is 14.3 Å². The number of carbonyl (C=O) groups is 1. The molecule has 18 heavy (non-hydrogen) atoms. The number of benzene rings is 1. The highest BCUT2D eigenvalue weighted by molar-refractivity contribution is 5.94. The van der Waals surface area contributed by atoms with Crippen molar-refractivity contribution in [3.63, 3.8) is 0 Å². The second-order valence-corrected chi connectivity index (χ2v) is 3.95. The third-order valence-electron chi connectivity index (χ3n) is 2.58. The van der Waals surface area contributed by atoms with Crippen molar-refractivity contribution in [3.8, 4) is 11.1 Å². The maximum atomic E-state index is 13.8. The van der Waals surface area contributed by atoms with Gasteiger partial charge in [-0.15, -0.1) is 0 Å². The van der Waals surface area contributed by atoms with Crippen molar-refractivity contribution in [3.05, 3.63) is 47.4 Å². The molecule has 1 heterocycles. The topological polar surface area (TPSA) is 76.2 Å². The van der Waals surface area contributed by atoms with Crippen LogP contribution in [0, 0.1) is 12.7 Å². The number of aromatic nitrogens is 1. The zero-order valence-electron chi connectivity index (χ0n) is 9.64. The lowest BCUT2D eigenvalue weighted by atomic mass is 10.0. The van der Waals surface area contributed by atoms with Gasteiger partial charge < -0.3 is 10.8 Å². The van der Waals surface area contributed by atoms with Gasteiger partial charge in [-0.3, -0.25) is 0 Å². The van der Waals surface area contributed by atoms with Gasteiger partial charge in [-0.25, -0.2) is 14.2 Å². The molecule has 0 aliphatic rings. The number of aromatic carboxylic acids is 1. The fourth-order valence-corrected chi connectivity index (χ4v) is 1.65. The molecule has 2 rings (SSSR count). The minimum atomic E-state index is -1.19. The average Bonchev–Trinajstić information content (AvgIpc) is 2.30. The third kappa shape index (κ3) is 2.15. The molecule has 2 aromatic rings. The molecule has 0 bridgehead atoms. The molecule has 0 unspecified atom stereocenters. The largest absolute Gasteiger partial charge is 0.478 e. The summed E-state index contributed by atoms with van der Waals surface area (Å²) in [5.74, 6) is -1.69. The molecule has 0 fully saturated rings. The molecule has 0 saturated heterocycles. The number of carboxylic acid groups (broad SMARTS) is 1. The third-order valence-corrected chi connectivity index (χ3v) is 2.58. The van der Waals surface area contributed by atoms with Crippen LogP contribution in [0.3, 0.4) is 0 Å². The number of rotatable bonds is 2. The number of hydrogen-bond acceptors (Lipinski definition) is 3. The zero-order valence-corrected chi connectivity index (χ0v) is 9.64. The van der Waals surface area contributed by atoms with Gasteiger partial charge in [-0.1, -0.05) is 12.1 Å². The minimum absolute atomic E-state index is 0.0845. The quantitative estimate of drug-likeness (QED) is 0.853. The predicted molar refractivity (Wildman–Crippen MR) is 65.7 cm³/mol. The summed E-state index contributed by atoms with van der Waals surface area (Å²) in [7, 11) is 0. The van der Waals surface area contributed by atoms with Gasteiger partial charge in [0.15, 0.2) is 0 Å². The number of halogens is 1. The van der Waals surface area contributed by atoms with E-state index >= 15 is 0 Å². The molecule has 5 heteroatoms. The van der Waals surface area contributed by atoms with Crippen molar-refractivity contribution in [2.24, 2.45) is 0 Å². The van der Waals surface area contributed by atoms with E-state index in [1.807, 2.05) is 0 Å². The Kier molecular flexibility index (Phi) is 2.97. The van der Waals surface area contributed by atoms with Gasteiger partial charge in [0, 0.05) is 17.3 Å². The number of carboxylic acids is 1. The number of aryl methyl sites for hydroxylation is 1. The summed E-state index contributed by atoms with van der Waals surface area (Å²) >= 11 is 0. The highest BCUT2D eigenvalue weighted by atomic mass is 19.1. The van der Waals surface area contributed by atoms with Crippen LogP contribution in [0.5, 0.6) is 0 Å². The number of anilines is 1. The standard InChI is InChI=1S/C13H11FN2O2/c1-7-2-3-9(11(14)4-7)8-5-10(13(17)18)12(15)16-6-8/h2-6H,1H3,(H2,15,16)(H,17,18). The SMILES string of the molecule is Cc1ccc(-c2cnc(N)c(C(=O)O)c2)c(F)c1. The lowest BCUT2D eigenvalue weighted by Crippen LogP contribution is -2.04. The van der Waals surface area contributed by atoms with E-state index in [1.165, 1.54) is 18.3 Å². The Morgan fingerprint density at radius 3 is 2.72 bits per heavy atom. The Morgan fingerprint density at radius 1 is 1.39 bits per heavy atom. The predicted octanol–water partition coefficient (Wildman–Crippen LogP) is 2.48. The molecular weight excluding hydrogens is 235 g/mol. The van der Waals surface area contributed by atoms with Crippen LogP contribution >= 0.6 is 0 Å². The van der Waals surface area contributed by atoms with Gasteiger partial charge in [-0.05, 0) is 24.6 Å². The lowest BCUT2D eigenvalue weighted by Gasteiger charge is -2.06. The fourth-order valence-electron chi connectivity index (χ4n) is 1.65. The first-order valence-corrected chi connectivity index (χ1v) is 5.24. The van der Waals surface area contributed by atoms with E-state index in [2.05, 4.69) is 4.98 Å². The number of nitrogen functional groups attached to an aromatic ring is 1. The molecule has 0 amide bonds. The van der Waals surface area contributed by atoms with Crippen LogP contribution in [0.25, 0.3) is 11.1 Å². The van der Waals surface area contributed by atoms with Crippen molar-refractivity contribution in [1.29, 1.82) is 0 Å². The van der Waals surface area contributed by atoms with E-state index in [0.29, 0.717) is 11.1 Å². The first kappa shape index (κ1) is 12.0. The maximum Gasteiger partial charge on any atom is 0.339 e. The Balaban J connectivity index is 2.58. The molecule has 0 aliphatic heterocycles. The first-order chi connectivity index (χ1) is 8.49. The van der Waals surface area contributed by atoms with Gasteiger partial charge >= 0.3 is 5.97 Å². The molecule has 92 valence electrons. The second-order valence-electron chi connectivity index (χ2n) is 3.95. The van der Waals surface area contributed by atoms with E-state index < -0.39 is 11.8 Å². The summed E-state index contributed by atoms with van der Waals surface area (Å²) in [5.41, 5.74) is 6.79. The van der Waals surface area contributed by atoms with Crippen LogP contribution in [0.15, 0.2) is 30.5 Å².